The van der Waals surface area contributed by atoms with E-state index in [1.807, 2.05) is 24.3 Å². The molecule has 4 atom stereocenters. The van der Waals surface area contributed by atoms with Crippen LogP contribution in [0.25, 0.3) is 0 Å². The van der Waals surface area contributed by atoms with Crippen molar-refractivity contribution in [3.63, 3.8) is 0 Å². The Labute approximate surface area is 154 Å². The number of nitrogens with one attached hydrogen (secondary N) is 3. The lowest BCUT2D eigenvalue weighted by molar-refractivity contribution is 0.0189. The second-order valence-electron chi connectivity index (χ2n) is 7.08. The van der Waals surface area contributed by atoms with Gasteiger partial charge in [0.25, 0.3) is 0 Å². The Morgan fingerprint density at radius 2 is 2.12 bits per heavy atom. The van der Waals surface area contributed by atoms with E-state index in [1.165, 1.54) is 0 Å². The lowest BCUT2D eigenvalue weighted by atomic mass is 10.0. The molecular formula is C19H29N3O4. The van der Waals surface area contributed by atoms with Crippen molar-refractivity contribution in [2.24, 2.45) is 5.92 Å². The first-order chi connectivity index (χ1) is 12.7. The zero-order valence-corrected chi connectivity index (χ0v) is 15.2. The SMILES string of the molecule is COc1ccc(C[C@H]2NC[C@H](O)[C@H]2OC(=O)NCC[C@@H]2CCNC2)cc1. The third-order valence-electron chi connectivity index (χ3n) is 5.21. The quantitative estimate of drug-likeness (QED) is 0.569. The summed E-state index contributed by atoms with van der Waals surface area (Å²) in [5.74, 6) is 1.43. The van der Waals surface area contributed by atoms with E-state index in [2.05, 4.69) is 16.0 Å². The Kier molecular flexibility index (Phi) is 6.71. The van der Waals surface area contributed by atoms with Gasteiger partial charge in [-0.2, -0.15) is 0 Å². The lowest BCUT2D eigenvalue weighted by Gasteiger charge is -2.22. The normalized spacial score (nSPS) is 28.1. The average Bonchev–Trinajstić information content (AvgIpc) is 3.28. The number of carbonyl (C=O) groups is 1. The maximum Gasteiger partial charge on any atom is 0.407 e. The summed E-state index contributed by atoms with van der Waals surface area (Å²) in [5, 5.41) is 19.5. The molecule has 0 saturated carbocycles. The van der Waals surface area contributed by atoms with Gasteiger partial charge in [-0.05, 0) is 56.0 Å². The van der Waals surface area contributed by atoms with Crippen molar-refractivity contribution in [3.8, 4) is 5.75 Å². The predicted octanol–water partition coefficient (Wildman–Crippen LogP) is 0.665. The second kappa shape index (κ2) is 9.21. The first-order valence-electron chi connectivity index (χ1n) is 9.35. The first-order valence-corrected chi connectivity index (χ1v) is 9.35. The molecule has 7 heteroatoms. The zero-order chi connectivity index (χ0) is 18.4. The van der Waals surface area contributed by atoms with Crippen LogP contribution >= 0.6 is 0 Å². The molecule has 2 heterocycles. The number of aliphatic hydroxyl groups excluding tert-OH is 1. The molecule has 4 N–H and O–H groups in total. The van der Waals surface area contributed by atoms with Crippen molar-refractivity contribution in [2.75, 3.05) is 33.3 Å². The van der Waals surface area contributed by atoms with Crippen LogP contribution in [0.3, 0.4) is 0 Å². The van der Waals surface area contributed by atoms with Crippen LogP contribution in [0.1, 0.15) is 18.4 Å². The van der Waals surface area contributed by atoms with E-state index in [9.17, 15) is 9.90 Å². The molecule has 0 unspecified atom stereocenters. The maximum atomic E-state index is 12.1. The molecule has 7 nitrogen and oxygen atoms in total. The number of rotatable bonds is 7. The molecule has 0 radical (unpaired) electrons. The van der Waals surface area contributed by atoms with Gasteiger partial charge >= 0.3 is 6.09 Å². The molecule has 1 aromatic carbocycles. The smallest absolute Gasteiger partial charge is 0.407 e. The summed E-state index contributed by atoms with van der Waals surface area (Å²) in [5.41, 5.74) is 1.10. The average molecular weight is 363 g/mol. The first kappa shape index (κ1) is 18.9. The fraction of sp³-hybridized carbons (Fsp3) is 0.632. The number of carbonyl (C=O) groups excluding carboxylic acids is 1. The highest BCUT2D eigenvalue weighted by Gasteiger charge is 2.37. The Morgan fingerprint density at radius 3 is 2.81 bits per heavy atom. The summed E-state index contributed by atoms with van der Waals surface area (Å²) in [6, 6.07) is 7.67. The van der Waals surface area contributed by atoms with Gasteiger partial charge < -0.3 is 30.5 Å². The number of alkyl carbamates (subject to hydrolysis) is 1. The van der Waals surface area contributed by atoms with Crippen LogP contribution in [0.15, 0.2) is 24.3 Å². The molecule has 0 spiro atoms. The van der Waals surface area contributed by atoms with Crippen LogP contribution in [0.4, 0.5) is 4.79 Å². The van der Waals surface area contributed by atoms with Crippen molar-refractivity contribution >= 4 is 6.09 Å². The largest absolute Gasteiger partial charge is 0.497 e. The van der Waals surface area contributed by atoms with E-state index < -0.39 is 18.3 Å². The lowest BCUT2D eigenvalue weighted by Crippen LogP contribution is -2.41. The van der Waals surface area contributed by atoms with E-state index in [-0.39, 0.29) is 6.04 Å². The molecule has 0 aliphatic carbocycles. The third-order valence-corrected chi connectivity index (χ3v) is 5.21. The number of β-amino-alcohol motifs (C(OH)–C–C–N with tert-alkyl or cyclic N) is 1. The molecule has 2 fully saturated rings. The fourth-order valence-corrected chi connectivity index (χ4v) is 3.64. The summed E-state index contributed by atoms with van der Waals surface area (Å²) >= 11 is 0. The van der Waals surface area contributed by atoms with Gasteiger partial charge in [0.05, 0.1) is 13.2 Å². The van der Waals surface area contributed by atoms with Crippen LogP contribution in [0.2, 0.25) is 0 Å². The van der Waals surface area contributed by atoms with E-state index in [0.717, 1.165) is 37.2 Å². The molecule has 2 aliphatic rings. The second-order valence-corrected chi connectivity index (χ2v) is 7.08. The van der Waals surface area contributed by atoms with Gasteiger partial charge in [-0.1, -0.05) is 12.1 Å². The van der Waals surface area contributed by atoms with Crippen molar-refractivity contribution in [2.45, 2.75) is 37.5 Å². The van der Waals surface area contributed by atoms with E-state index in [1.54, 1.807) is 7.11 Å². The molecule has 1 amide bonds. The molecule has 0 bridgehead atoms. The monoisotopic (exact) mass is 363 g/mol. The summed E-state index contributed by atoms with van der Waals surface area (Å²) in [7, 11) is 1.63. The summed E-state index contributed by atoms with van der Waals surface area (Å²) in [4.78, 5) is 12.1. The number of hydrogen-bond acceptors (Lipinski definition) is 6. The Hall–Kier alpha value is -1.83. The summed E-state index contributed by atoms with van der Waals surface area (Å²) < 4.78 is 10.7. The van der Waals surface area contributed by atoms with Gasteiger partial charge in [-0.25, -0.2) is 4.79 Å². The summed E-state index contributed by atoms with van der Waals surface area (Å²) in [6.45, 7) is 3.10. The molecule has 144 valence electrons. The number of benzene rings is 1. The molecule has 1 aromatic rings. The van der Waals surface area contributed by atoms with Gasteiger partial charge in [0.2, 0.25) is 0 Å². The molecule has 2 saturated heterocycles. The fourth-order valence-electron chi connectivity index (χ4n) is 3.64. The van der Waals surface area contributed by atoms with Crippen LogP contribution in [-0.2, 0) is 11.2 Å². The Bertz CT molecular complexity index is 575. The van der Waals surface area contributed by atoms with Crippen LogP contribution in [-0.4, -0.2) is 62.7 Å². The van der Waals surface area contributed by atoms with Crippen molar-refractivity contribution in [1.82, 2.24) is 16.0 Å². The van der Waals surface area contributed by atoms with Crippen molar-refractivity contribution in [3.05, 3.63) is 29.8 Å². The van der Waals surface area contributed by atoms with Crippen LogP contribution in [0.5, 0.6) is 5.75 Å². The van der Waals surface area contributed by atoms with E-state index in [0.29, 0.717) is 25.4 Å². The van der Waals surface area contributed by atoms with Crippen molar-refractivity contribution in [1.29, 1.82) is 0 Å². The standard InChI is InChI=1S/C19H29N3O4/c1-25-15-4-2-13(3-5-15)10-16-18(17(23)12-22-16)26-19(24)21-9-7-14-6-8-20-11-14/h2-5,14,16-18,20,22-23H,6-12H2,1H3,(H,21,24)/t14-,16+,17-,18-/m0/s1. The minimum atomic E-state index is -0.692. The zero-order valence-electron chi connectivity index (χ0n) is 15.2. The highest BCUT2D eigenvalue weighted by molar-refractivity contribution is 5.67. The van der Waals surface area contributed by atoms with Gasteiger partial charge in [0.1, 0.15) is 18.0 Å². The molecule has 0 aromatic heterocycles. The number of methoxy groups -OCH3 is 1. The highest BCUT2D eigenvalue weighted by atomic mass is 16.6. The predicted molar refractivity (Wildman–Crippen MR) is 98.4 cm³/mol. The van der Waals surface area contributed by atoms with Gasteiger partial charge in [-0.15, -0.1) is 0 Å². The van der Waals surface area contributed by atoms with E-state index >= 15 is 0 Å². The molecule has 2 aliphatic heterocycles. The minimum absolute atomic E-state index is 0.108. The molecule has 3 rings (SSSR count). The molecular weight excluding hydrogens is 334 g/mol. The minimum Gasteiger partial charge on any atom is -0.497 e. The molecule has 26 heavy (non-hydrogen) atoms. The third kappa shape index (κ3) is 5.09. The summed E-state index contributed by atoms with van der Waals surface area (Å²) in [6.07, 6.45) is 1.08. The van der Waals surface area contributed by atoms with Gasteiger partial charge in [0, 0.05) is 13.1 Å². The maximum absolute atomic E-state index is 12.1. The van der Waals surface area contributed by atoms with Gasteiger partial charge in [0.15, 0.2) is 0 Å². The van der Waals surface area contributed by atoms with Crippen LogP contribution < -0.4 is 20.7 Å². The number of hydrogen-bond donors (Lipinski definition) is 4. The number of aliphatic hydroxyl groups is 1. The van der Waals surface area contributed by atoms with Crippen molar-refractivity contribution < 1.29 is 19.4 Å². The topological polar surface area (TPSA) is 91.8 Å². The Balaban J connectivity index is 1.46. The number of ether oxygens (including phenoxy) is 2. The van der Waals surface area contributed by atoms with Crippen LogP contribution in [0, 0.1) is 5.92 Å². The van der Waals surface area contributed by atoms with E-state index in [4.69, 9.17) is 9.47 Å². The van der Waals surface area contributed by atoms with Gasteiger partial charge in [-0.3, -0.25) is 0 Å². The number of amides is 1. The Morgan fingerprint density at radius 1 is 1.31 bits per heavy atom. The highest BCUT2D eigenvalue weighted by Crippen LogP contribution is 2.19.